The lowest BCUT2D eigenvalue weighted by Crippen LogP contribution is -2.23. The molecule has 0 saturated carbocycles. The molecule has 0 aliphatic heterocycles. The first-order valence-corrected chi connectivity index (χ1v) is 7.83. The summed E-state index contributed by atoms with van der Waals surface area (Å²) >= 11 is 0. The highest BCUT2D eigenvalue weighted by molar-refractivity contribution is 5.67. The minimum absolute atomic E-state index is 0.352. The number of nitrogens with one attached hydrogen (secondary N) is 1. The van der Waals surface area contributed by atoms with Gasteiger partial charge in [0, 0.05) is 24.0 Å². The number of nitrogens with zero attached hydrogens (tertiary/aromatic N) is 1. The van der Waals surface area contributed by atoms with Crippen LogP contribution in [0.25, 0.3) is 0 Å². The van der Waals surface area contributed by atoms with Crippen LogP contribution < -0.4 is 10.2 Å². The summed E-state index contributed by atoms with van der Waals surface area (Å²) in [6, 6.07) is 17.8. The van der Waals surface area contributed by atoms with Gasteiger partial charge in [0.15, 0.2) is 0 Å². The average molecular weight is 282 g/mol. The first-order valence-electron chi connectivity index (χ1n) is 7.83. The Morgan fingerprint density at radius 3 is 2.29 bits per heavy atom. The lowest BCUT2D eigenvalue weighted by atomic mass is 10.0. The van der Waals surface area contributed by atoms with Crippen molar-refractivity contribution in [1.29, 1.82) is 0 Å². The molecule has 1 unspecified atom stereocenters. The zero-order valence-electron chi connectivity index (χ0n) is 13.6. The molecule has 0 aliphatic carbocycles. The van der Waals surface area contributed by atoms with Crippen molar-refractivity contribution in [2.24, 2.45) is 0 Å². The van der Waals surface area contributed by atoms with Crippen LogP contribution in [0.1, 0.15) is 37.9 Å². The molecule has 1 atom stereocenters. The third-order valence-corrected chi connectivity index (χ3v) is 3.87. The van der Waals surface area contributed by atoms with Gasteiger partial charge in [-0.2, -0.15) is 0 Å². The molecule has 0 fully saturated rings. The van der Waals surface area contributed by atoms with Crippen molar-refractivity contribution < 1.29 is 0 Å². The number of benzene rings is 2. The Balaban J connectivity index is 2.40. The fourth-order valence-electron chi connectivity index (χ4n) is 2.73. The largest absolute Gasteiger partial charge is 0.341 e. The third-order valence-electron chi connectivity index (χ3n) is 3.87. The molecule has 2 aromatic carbocycles. The van der Waals surface area contributed by atoms with Crippen LogP contribution in [0.15, 0.2) is 48.5 Å². The summed E-state index contributed by atoms with van der Waals surface area (Å²) in [6.45, 7) is 10.6. The molecule has 2 rings (SSSR count). The lowest BCUT2D eigenvalue weighted by molar-refractivity contribution is 0.598. The number of hydrogen-bond acceptors (Lipinski definition) is 2. The molecule has 0 heterocycles. The van der Waals surface area contributed by atoms with Crippen molar-refractivity contribution in [3.63, 3.8) is 0 Å². The van der Waals surface area contributed by atoms with Crippen LogP contribution in [0.2, 0.25) is 0 Å². The molecule has 2 aromatic rings. The zero-order chi connectivity index (χ0) is 15.2. The van der Waals surface area contributed by atoms with Crippen molar-refractivity contribution in [2.45, 2.75) is 33.7 Å². The van der Waals surface area contributed by atoms with E-state index in [2.05, 4.69) is 86.4 Å². The summed E-state index contributed by atoms with van der Waals surface area (Å²) in [4.78, 5) is 2.38. The van der Waals surface area contributed by atoms with Gasteiger partial charge in [-0.15, -0.1) is 0 Å². The number of para-hydroxylation sites is 1. The standard InChI is InChI=1S/C19H26N2/c1-5-20-16(4)18-9-7-8-10-19(18)21(6-2)17-13-11-15(3)12-14-17/h7-14,16,20H,5-6H2,1-4H3. The van der Waals surface area contributed by atoms with Crippen LogP contribution in [0, 0.1) is 6.92 Å². The van der Waals surface area contributed by atoms with Gasteiger partial charge in [0.2, 0.25) is 0 Å². The Bertz CT molecular complexity index is 560. The number of hydrogen-bond donors (Lipinski definition) is 1. The van der Waals surface area contributed by atoms with E-state index in [1.165, 1.54) is 22.5 Å². The van der Waals surface area contributed by atoms with Gasteiger partial charge in [0.05, 0.1) is 0 Å². The van der Waals surface area contributed by atoms with E-state index in [1.807, 2.05) is 0 Å². The van der Waals surface area contributed by atoms with E-state index >= 15 is 0 Å². The van der Waals surface area contributed by atoms with Crippen molar-refractivity contribution >= 4 is 11.4 Å². The van der Waals surface area contributed by atoms with Crippen molar-refractivity contribution in [1.82, 2.24) is 5.32 Å². The summed E-state index contributed by atoms with van der Waals surface area (Å²) in [6.07, 6.45) is 0. The maximum Gasteiger partial charge on any atom is 0.0459 e. The average Bonchev–Trinajstić information content (AvgIpc) is 2.50. The Morgan fingerprint density at radius 1 is 1.00 bits per heavy atom. The second-order valence-electron chi connectivity index (χ2n) is 5.42. The Hall–Kier alpha value is -1.80. The van der Waals surface area contributed by atoms with E-state index in [4.69, 9.17) is 0 Å². The summed E-state index contributed by atoms with van der Waals surface area (Å²) in [5.41, 5.74) is 5.18. The second-order valence-corrected chi connectivity index (χ2v) is 5.42. The molecule has 0 spiro atoms. The van der Waals surface area contributed by atoms with Crippen molar-refractivity contribution in [2.75, 3.05) is 18.0 Å². The molecule has 2 nitrogen and oxygen atoms in total. The Kier molecular flexibility index (Phi) is 5.40. The molecule has 21 heavy (non-hydrogen) atoms. The van der Waals surface area contributed by atoms with E-state index in [9.17, 15) is 0 Å². The predicted molar refractivity (Wildman–Crippen MR) is 92.4 cm³/mol. The zero-order valence-corrected chi connectivity index (χ0v) is 13.6. The fourth-order valence-corrected chi connectivity index (χ4v) is 2.73. The van der Waals surface area contributed by atoms with Gasteiger partial charge in [0.25, 0.3) is 0 Å². The molecule has 0 saturated heterocycles. The third kappa shape index (κ3) is 3.64. The monoisotopic (exact) mass is 282 g/mol. The molecule has 1 N–H and O–H groups in total. The molecule has 0 amide bonds. The number of anilines is 2. The minimum Gasteiger partial charge on any atom is -0.341 e. The van der Waals surface area contributed by atoms with E-state index in [0.717, 1.165) is 13.1 Å². The molecule has 0 aliphatic rings. The summed E-state index contributed by atoms with van der Waals surface area (Å²) < 4.78 is 0. The highest BCUT2D eigenvalue weighted by Crippen LogP contribution is 2.31. The molecule has 0 bridgehead atoms. The van der Waals surface area contributed by atoms with Crippen molar-refractivity contribution in [3.8, 4) is 0 Å². The van der Waals surface area contributed by atoms with Gasteiger partial charge >= 0.3 is 0 Å². The van der Waals surface area contributed by atoms with E-state index < -0.39 is 0 Å². The second kappa shape index (κ2) is 7.28. The van der Waals surface area contributed by atoms with Crippen LogP contribution >= 0.6 is 0 Å². The van der Waals surface area contributed by atoms with Crippen molar-refractivity contribution in [3.05, 3.63) is 59.7 Å². The van der Waals surface area contributed by atoms with Gasteiger partial charge in [0.1, 0.15) is 0 Å². The Labute approximate surface area is 128 Å². The highest BCUT2D eigenvalue weighted by Gasteiger charge is 2.15. The fraction of sp³-hybridized carbons (Fsp3) is 0.368. The van der Waals surface area contributed by atoms with Gasteiger partial charge in [-0.25, -0.2) is 0 Å². The van der Waals surface area contributed by atoms with Crippen LogP contribution in [0.4, 0.5) is 11.4 Å². The van der Waals surface area contributed by atoms with Gasteiger partial charge in [-0.1, -0.05) is 42.8 Å². The molecular formula is C19H26N2. The molecular weight excluding hydrogens is 256 g/mol. The van der Waals surface area contributed by atoms with E-state index in [1.54, 1.807) is 0 Å². The van der Waals surface area contributed by atoms with Gasteiger partial charge in [-0.3, -0.25) is 0 Å². The van der Waals surface area contributed by atoms with Gasteiger partial charge in [-0.05, 0) is 51.1 Å². The van der Waals surface area contributed by atoms with Gasteiger partial charge < -0.3 is 10.2 Å². The maximum absolute atomic E-state index is 3.52. The highest BCUT2D eigenvalue weighted by atomic mass is 15.1. The summed E-state index contributed by atoms with van der Waals surface area (Å²) in [5.74, 6) is 0. The normalized spacial score (nSPS) is 12.2. The topological polar surface area (TPSA) is 15.3 Å². The van der Waals surface area contributed by atoms with E-state index in [0.29, 0.717) is 6.04 Å². The molecule has 0 aromatic heterocycles. The lowest BCUT2D eigenvalue weighted by Gasteiger charge is -2.28. The minimum atomic E-state index is 0.352. The predicted octanol–water partition coefficient (Wildman–Crippen LogP) is 4.82. The SMILES string of the molecule is CCNC(C)c1ccccc1N(CC)c1ccc(C)cc1. The smallest absolute Gasteiger partial charge is 0.0459 e. The number of rotatable bonds is 6. The van der Waals surface area contributed by atoms with Crippen LogP contribution in [0.5, 0.6) is 0 Å². The first-order chi connectivity index (χ1) is 10.2. The summed E-state index contributed by atoms with van der Waals surface area (Å²) in [7, 11) is 0. The van der Waals surface area contributed by atoms with Crippen LogP contribution in [0.3, 0.4) is 0 Å². The molecule has 112 valence electrons. The number of aryl methyl sites for hydroxylation is 1. The molecule has 0 radical (unpaired) electrons. The quantitative estimate of drug-likeness (QED) is 0.817. The van der Waals surface area contributed by atoms with Crippen LogP contribution in [-0.4, -0.2) is 13.1 Å². The first kappa shape index (κ1) is 15.6. The Morgan fingerprint density at radius 2 is 1.67 bits per heavy atom. The molecule has 2 heteroatoms. The van der Waals surface area contributed by atoms with E-state index in [-0.39, 0.29) is 0 Å². The van der Waals surface area contributed by atoms with Crippen LogP contribution in [-0.2, 0) is 0 Å². The maximum atomic E-state index is 3.52. The summed E-state index contributed by atoms with van der Waals surface area (Å²) in [5, 5.41) is 3.52.